The second-order valence-corrected chi connectivity index (χ2v) is 3.40. The van der Waals surface area contributed by atoms with Gasteiger partial charge in [0.25, 0.3) is 0 Å². The van der Waals surface area contributed by atoms with E-state index >= 15 is 0 Å². The molecule has 0 aromatic heterocycles. The summed E-state index contributed by atoms with van der Waals surface area (Å²) in [6.07, 6.45) is 6.62. The van der Waals surface area contributed by atoms with Gasteiger partial charge in [0.2, 0.25) is 0 Å². The third-order valence-corrected chi connectivity index (χ3v) is 2.26. The van der Waals surface area contributed by atoms with Gasteiger partial charge >= 0.3 is 0 Å². The molecule has 0 amide bonds. The van der Waals surface area contributed by atoms with Crippen LogP contribution >= 0.6 is 0 Å². The first kappa shape index (κ1) is 9.24. The van der Waals surface area contributed by atoms with E-state index in [0.29, 0.717) is 5.78 Å². The largest absolute Gasteiger partial charge is 0.295 e. The minimum absolute atomic E-state index is 0.292. The van der Waals surface area contributed by atoms with Gasteiger partial charge in [-0.15, -0.1) is 0 Å². The van der Waals surface area contributed by atoms with Gasteiger partial charge in [-0.05, 0) is 31.8 Å². The smallest absolute Gasteiger partial charge is 0.155 e. The molecule has 66 valence electrons. The van der Waals surface area contributed by atoms with Gasteiger partial charge in [-0.1, -0.05) is 24.6 Å². The Morgan fingerprint density at radius 2 is 2.33 bits per heavy atom. The van der Waals surface area contributed by atoms with Crippen molar-refractivity contribution in [3.05, 3.63) is 23.8 Å². The van der Waals surface area contributed by atoms with Crippen LogP contribution in [0.1, 0.15) is 39.0 Å². The van der Waals surface area contributed by atoms with Crippen molar-refractivity contribution in [2.75, 3.05) is 0 Å². The Morgan fingerprint density at radius 3 is 2.92 bits per heavy atom. The molecule has 1 heteroatoms. The van der Waals surface area contributed by atoms with Crippen molar-refractivity contribution in [2.24, 2.45) is 0 Å². The van der Waals surface area contributed by atoms with E-state index in [1.54, 1.807) is 0 Å². The van der Waals surface area contributed by atoms with Crippen LogP contribution in [0.4, 0.5) is 0 Å². The monoisotopic (exact) mass is 164 g/mol. The van der Waals surface area contributed by atoms with Gasteiger partial charge in [0, 0.05) is 6.42 Å². The van der Waals surface area contributed by atoms with Crippen molar-refractivity contribution in [3.63, 3.8) is 0 Å². The van der Waals surface area contributed by atoms with E-state index in [1.165, 1.54) is 11.1 Å². The summed E-state index contributed by atoms with van der Waals surface area (Å²) < 4.78 is 0. The Bertz CT molecular complexity index is 223. The number of hydrogen-bond donors (Lipinski definition) is 0. The van der Waals surface area contributed by atoms with Gasteiger partial charge in [0.05, 0.1) is 0 Å². The summed E-state index contributed by atoms with van der Waals surface area (Å²) in [5.74, 6) is 0.292. The zero-order valence-corrected chi connectivity index (χ0v) is 7.73. The van der Waals surface area contributed by atoms with Crippen LogP contribution in [-0.4, -0.2) is 5.78 Å². The Morgan fingerprint density at radius 1 is 1.58 bits per heavy atom. The quantitative estimate of drug-likeness (QED) is 0.586. The Balaban J connectivity index is 2.51. The first-order valence-electron chi connectivity index (χ1n) is 4.61. The summed E-state index contributed by atoms with van der Waals surface area (Å²) in [4.78, 5) is 11.0. The lowest BCUT2D eigenvalue weighted by Gasteiger charge is -2.12. The predicted octanol–water partition coefficient (Wildman–Crippen LogP) is 3.02. The van der Waals surface area contributed by atoms with Crippen molar-refractivity contribution in [1.29, 1.82) is 0 Å². The van der Waals surface area contributed by atoms with E-state index < -0.39 is 0 Å². The summed E-state index contributed by atoms with van der Waals surface area (Å²) in [7, 11) is 0. The lowest BCUT2D eigenvalue weighted by atomic mass is 9.93. The van der Waals surface area contributed by atoms with Crippen molar-refractivity contribution >= 4 is 5.78 Å². The zero-order chi connectivity index (χ0) is 8.97. The van der Waals surface area contributed by atoms with Crippen LogP contribution in [-0.2, 0) is 4.79 Å². The zero-order valence-electron chi connectivity index (χ0n) is 7.73. The molecule has 0 N–H and O–H groups in total. The number of allylic oxidation sites excluding steroid dienone is 3. The van der Waals surface area contributed by atoms with Crippen molar-refractivity contribution in [2.45, 2.75) is 39.0 Å². The van der Waals surface area contributed by atoms with Crippen molar-refractivity contribution < 1.29 is 4.79 Å². The first-order valence-corrected chi connectivity index (χ1v) is 4.61. The lowest BCUT2D eigenvalue weighted by Crippen LogP contribution is -2.02. The number of carbonyl (C=O) groups excluding carboxylic acids is 1. The van der Waals surface area contributed by atoms with Crippen LogP contribution in [0.15, 0.2) is 23.8 Å². The molecule has 0 fully saturated rings. The van der Waals surface area contributed by atoms with Crippen molar-refractivity contribution in [3.8, 4) is 0 Å². The maximum atomic E-state index is 11.0. The Hall–Kier alpha value is -0.850. The molecule has 0 atom stereocenters. The van der Waals surface area contributed by atoms with E-state index in [2.05, 4.69) is 13.5 Å². The molecule has 0 aliphatic heterocycles. The summed E-state index contributed by atoms with van der Waals surface area (Å²) in [5.41, 5.74) is 2.51. The molecule has 0 saturated carbocycles. The molecule has 12 heavy (non-hydrogen) atoms. The van der Waals surface area contributed by atoms with Gasteiger partial charge < -0.3 is 0 Å². The summed E-state index contributed by atoms with van der Waals surface area (Å²) >= 11 is 0. The van der Waals surface area contributed by atoms with Crippen LogP contribution in [0.5, 0.6) is 0 Å². The number of rotatable bonds is 3. The molecule has 0 aromatic rings. The third-order valence-electron chi connectivity index (χ3n) is 2.26. The fourth-order valence-electron chi connectivity index (χ4n) is 1.45. The highest BCUT2D eigenvalue weighted by molar-refractivity contribution is 5.91. The van der Waals surface area contributed by atoms with Gasteiger partial charge in [-0.25, -0.2) is 0 Å². The van der Waals surface area contributed by atoms with Gasteiger partial charge in [-0.3, -0.25) is 4.79 Å². The molecule has 1 aliphatic carbocycles. The minimum Gasteiger partial charge on any atom is -0.295 e. The molecule has 0 unspecified atom stereocenters. The third kappa shape index (κ3) is 2.65. The van der Waals surface area contributed by atoms with E-state index in [9.17, 15) is 4.79 Å². The summed E-state index contributed by atoms with van der Waals surface area (Å²) in [6, 6.07) is 0. The fourth-order valence-corrected chi connectivity index (χ4v) is 1.45. The number of carbonyl (C=O) groups is 1. The van der Waals surface area contributed by atoms with Gasteiger partial charge in [0.15, 0.2) is 5.78 Å². The maximum absolute atomic E-state index is 11.0. The Labute approximate surface area is 74.2 Å². The highest BCUT2D eigenvalue weighted by Crippen LogP contribution is 2.21. The number of hydrogen-bond acceptors (Lipinski definition) is 1. The predicted molar refractivity (Wildman–Crippen MR) is 51.0 cm³/mol. The molecular formula is C11H16O. The lowest BCUT2D eigenvalue weighted by molar-refractivity contribution is -0.115. The second kappa shape index (κ2) is 4.24. The molecule has 0 saturated heterocycles. The molecule has 0 radical (unpaired) electrons. The molecule has 0 bridgehead atoms. The molecule has 0 heterocycles. The molecule has 1 nitrogen and oxygen atoms in total. The number of ketones is 1. The average molecular weight is 164 g/mol. The SMILES string of the molecule is C=C(CC)CC1=CC(=O)CCC1. The van der Waals surface area contributed by atoms with E-state index in [-0.39, 0.29) is 0 Å². The fraction of sp³-hybridized carbons (Fsp3) is 0.545. The standard InChI is InChI=1S/C11H16O/c1-3-9(2)7-10-5-4-6-11(12)8-10/h8H,2-7H2,1H3. The van der Waals surface area contributed by atoms with E-state index in [1.807, 2.05) is 6.08 Å². The highest BCUT2D eigenvalue weighted by Gasteiger charge is 2.09. The highest BCUT2D eigenvalue weighted by atomic mass is 16.1. The molecule has 0 spiro atoms. The summed E-state index contributed by atoms with van der Waals surface area (Å²) in [6.45, 7) is 6.04. The van der Waals surface area contributed by atoms with Crippen molar-refractivity contribution in [1.82, 2.24) is 0 Å². The van der Waals surface area contributed by atoms with Crippen LogP contribution in [0.2, 0.25) is 0 Å². The molecule has 1 rings (SSSR count). The average Bonchev–Trinajstić information content (AvgIpc) is 2.04. The van der Waals surface area contributed by atoms with E-state index in [0.717, 1.165) is 32.1 Å². The van der Waals surface area contributed by atoms with Crippen LogP contribution in [0.3, 0.4) is 0 Å². The van der Waals surface area contributed by atoms with Crippen LogP contribution in [0, 0.1) is 0 Å². The Kier molecular flexibility index (Phi) is 3.27. The van der Waals surface area contributed by atoms with Crippen LogP contribution in [0.25, 0.3) is 0 Å². The normalized spacial score (nSPS) is 17.4. The minimum atomic E-state index is 0.292. The molecule has 1 aliphatic rings. The summed E-state index contributed by atoms with van der Waals surface area (Å²) in [5, 5.41) is 0. The first-order chi connectivity index (χ1) is 5.72. The van der Waals surface area contributed by atoms with Crippen LogP contribution < -0.4 is 0 Å². The second-order valence-electron chi connectivity index (χ2n) is 3.40. The maximum Gasteiger partial charge on any atom is 0.155 e. The van der Waals surface area contributed by atoms with Gasteiger partial charge in [-0.2, -0.15) is 0 Å². The topological polar surface area (TPSA) is 17.1 Å². The van der Waals surface area contributed by atoms with E-state index in [4.69, 9.17) is 0 Å². The molecule has 0 aromatic carbocycles. The van der Waals surface area contributed by atoms with Gasteiger partial charge in [0.1, 0.15) is 0 Å². The molecular weight excluding hydrogens is 148 g/mol.